The Morgan fingerprint density at radius 2 is 1.80 bits per heavy atom. The normalized spacial score (nSPS) is 19.7. The van der Waals surface area contributed by atoms with Crippen molar-refractivity contribution in [1.82, 2.24) is 9.55 Å². The summed E-state index contributed by atoms with van der Waals surface area (Å²) in [5.41, 5.74) is 9.55. The highest BCUT2D eigenvalue weighted by Gasteiger charge is 2.36. The van der Waals surface area contributed by atoms with Gasteiger partial charge in [0.15, 0.2) is 6.17 Å². The molecule has 1 aromatic heterocycles. The molecule has 0 bridgehead atoms. The predicted molar refractivity (Wildman–Crippen MR) is 143 cm³/mol. The highest BCUT2D eigenvalue weighted by molar-refractivity contribution is 9.10. The number of benzene rings is 3. The van der Waals surface area contributed by atoms with Gasteiger partial charge in [0.25, 0.3) is 0 Å². The van der Waals surface area contributed by atoms with Crippen LogP contribution in [0.15, 0.2) is 64.1 Å². The van der Waals surface area contributed by atoms with E-state index in [9.17, 15) is 0 Å². The molecule has 5 heterocycles. The van der Waals surface area contributed by atoms with Gasteiger partial charge in [0.1, 0.15) is 11.6 Å². The Morgan fingerprint density at radius 1 is 0.971 bits per heavy atom. The van der Waals surface area contributed by atoms with Crippen molar-refractivity contribution in [2.24, 2.45) is 4.99 Å². The van der Waals surface area contributed by atoms with Crippen molar-refractivity contribution in [2.75, 3.05) is 18.0 Å². The number of halogens is 1. The number of anilines is 1. The number of rotatable bonds is 1. The summed E-state index contributed by atoms with van der Waals surface area (Å²) in [6.07, 6.45) is 6.63. The Morgan fingerprint density at radius 3 is 2.69 bits per heavy atom. The lowest BCUT2D eigenvalue weighted by Crippen LogP contribution is -2.35. The number of nitrogens with zero attached hydrogens (tertiary/aromatic N) is 4. The van der Waals surface area contributed by atoms with Gasteiger partial charge in [-0.3, -0.25) is 4.57 Å². The van der Waals surface area contributed by atoms with Gasteiger partial charge in [0.2, 0.25) is 5.90 Å². The maximum Gasteiger partial charge on any atom is 0.228 e. The first-order chi connectivity index (χ1) is 17.2. The van der Waals surface area contributed by atoms with Crippen LogP contribution in [0.1, 0.15) is 47.1 Å². The predicted octanol–water partition coefficient (Wildman–Crippen LogP) is 6.39. The third-order valence-corrected chi connectivity index (χ3v) is 8.25. The zero-order valence-corrected chi connectivity index (χ0v) is 20.8. The van der Waals surface area contributed by atoms with Gasteiger partial charge < -0.3 is 9.64 Å². The minimum Gasteiger partial charge on any atom is -0.438 e. The van der Waals surface area contributed by atoms with Crippen LogP contribution in [-0.4, -0.2) is 28.5 Å². The first-order valence-corrected chi connectivity index (χ1v) is 13.2. The van der Waals surface area contributed by atoms with Crippen LogP contribution in [0.2, 0.25) is 0 Å². The number of hydrogen-bond acceptors (Lipinski definition) is 4. The molecule has 172 valence electrons. The molecule has 4 aliphatic heterocycles. The monoisotopic (exact) mass is 522 g/mol. The fourth-order valence-corrected chi connectivity index (χ4v) is 6.48. The topological polar surface area (TPSA) is 42.6 Å². The summed E-state index contributed by atoms with van der Waals surface area (Å²) in [6, 6.07) is 19.1. The third kappa shape index (κ3) is 2.86. The average molecular weight is 523 g/mol. The first kappa shape index (κ1) is 19.9. The second-order valence-corrected chi connectivity index (χ2v) is 10.7. The smallest absolute Gasteiger partial charge is 0.228 e. The van der Waals surface area contributed by atoms with Crippen LogP contribution in [0.25, 0.3) is 22.7 Å². The number of imidazole rings is 1. The summed E-state index contributed by atoms with van der Waals surface area (Å²) in [5, 5.41) is 0. The molecule has 4 aromatic rings. The summed E-state index contributed by atoms with van der Waals surface area (Å²) in [6.45, 7) is 2.30. The minimum absolute atomic E-state index is 0.232. The van der Waals surface area contributed by atoms with E-state index < -0.39 is 0 Å². The average Bonchev–Trinajstić information content (AvgIpc) is 3.28. The Bertz CT molecular complexity index is 1600. The van der Waals surface area contributed by atoms with Gasteiger partial charge in [-0.2, -0.15) is 0 Å². The molecule has 0 saturated carbocycles. The van der Waals surface area contributed by atoms with E-state index in [0.29, 0.717) is 5.90 Å². The Labute approximate surface area is 211 Å². The number of para-hydroxylation sites is 2. The third-order valence-electron chi connectivity index (χ3n) is 7.72. The molecule has 8 rings (SSSR count). The zero-order chi connectivity index (χ0) is 23.1. The summed E-state index contributed by atoms with van der Waals surface area (Å²) in [4.78, 5) is 12.8. The molecule has 0 spiro atoms. The van der Waals surface area contributed by atoms with Gasteiger partial charge in [0.05, 0.1) is 16.6 Å². The number of hydrogen-bond donors (Lipinski definition) is 0. The number of ether oxygens (including phenoxy) is 1. The molecule has 5 nitrogen and oxygen atoms in total. The van der Waals surface area contributed by atoms with E-state index in [1.54, 1.807) is 0 Å². The van der Waals surface area contributed by atoms with Crippen molar-refractivity contribution < 1.29 is 4.74 Å². The van der Waals surface area contributed by atoms with E-state index in [1.165, 1.54) is 29.7 Å². The quantitative estimate of drug-likeness (QED) is 0.291. The van der Waals surface area contributed by atoms with Crippen molar-refractivity contribution in [2.45, 2.75) is 31.8 Å². The fraction of sp³-hybridized carbons (Fsp3) is 0.241. The van der Waals surface area contributed by atoms with Crippen molar-refractivity contribution in [3.8, 4) is 5.75 Å². The molecule has 35 heavy (non-hydrogen) atoms. The first-order valence-electron chi connectivity index (χ1n) is 12.4. The van der Waals surface area contributed by atoms with Crippen molar-refractivity contribution in [3.63, 3.8) is 0 Å². The van der Waals surface area contributed by atoms with E-state index in [4.69, 9.17) is 14.7 Å². The molecule has 0 saturated heterocycles. The molecular formula is C29H23BrN4O. The van der Waals surface area contributed by atoms with Crippen LogP contribution < -0.4 is 9.64 Å². The van der Waals surface area contributed by atoms with E-state index in [-0.39, 0.29) is 6.17 Å². The van der Waals surface area contributed by atoms with Gasteiger partial charge in [-0.25, -0.2) is 9.98 Å². The van der Waals surface area contributed by atoms with Crippen LogP contribution in [0.3, 0.4) is 0 Å². The lowest BCUT2D eigenvalue weighted by molar-refractivity contribution is 0.504. The molecule has 6 heteroatoms. The van der Waals surface area contributed by atoms with Crippen molar-refractivity contribution in [1.29, 1.82) is 0 Å². The highest BCUT2D eigenvalue weighted by Crippen LogP contribution is 2.47. The standard InChI is InChI=1S/C29H23BrN4O/c30-20-11-9-17(10-12-20)27-32-29-22(28-31-23-7-1-2-8-24(23)34(27)28)16-19-15-18-5-3-13-33-14-4-6-21(25(18)33)26(19)35-29/h1-2,7-12,15-16,27H,3-6,13-14H2. The molecule has 0 N–H and O–H groups in total. The van der Waals surface area contributed by atoms with E-state index >= 15 is 0 Å². The molecule has 0 aliphatic carbocycles. The second-order valence-electron chi connectivity index (χ2n) is 9.79. The summed E-state index contributed by atoms with van der Waals surface area (Å²) in [7, 11) is 0. The van der Waals surface area contributed by atoms with Gasteiger partial charge in [-0.05, 0) is 73.2 Å². The van der Waals surface area contributed by atoms with Crippen LogP contribution >= 0.6 is 15.9 Å². The summed E-state index contributed by atoms with van der Waals surface area (Å²) >= 11 is 3.57. The van der Waals surface area contributed by atoms with Gasteiger partial charge in [0, 0.05) is 34.4 Å². The van der Waals surface area contributed by atoms with Crippen LogP contribution in [-0.2, 0) is 12.8 Å². The van der Waals surface area contributed by atoms with Crippen LogP contribution in [0, 0.1) is 0 Å². The Kier molecular flexibility index (Phi) is 4.15. The molecule has 1 atom stereocenters. The minimum atomic E-state index is -0.232. The van der Waals surface area contributed by atoms with Crippen LogP contribution in [0.5, 0.6) is 5.75 Å². The zero-order valence-electron chi connectivity index (χ0n) is 19.2. The van der Waals surface area contributed by atoms with E-state index in [2.05, 4.69) is 80.0 Å². The van der Waals surface area contributed by atoms with Gasteiger partial charge >= 0.3 is 0 Å². The molecular weight excluding hydrogens is 500 g/mol. The largest absolute Gasteiger partial charge is 0.438 e. The van der Waals surface area contributed by atoms with E-state index in [1.807, 2.05) is 6.07 Å². The number of fused-ring (bicyclic) bond motifs is 7. The lowest BCUT2D eigenvalue weighted by Gasteiger charge is -2.39. The van der Waals surface area contributed by atoms with Gasteiger partial charge in [-0.15, -0.1) is 0 Å². The maximum atomic E-state index is 6.73. The van der Waals surface area contributed by atoms with Gasteiger partial charge in [-0.1, -0.05) is 40.2 Å². The molecule has 0 amide bonds. The maximum absolute atomic E-state index is 6.73. The molecule has 4 aliphatic rings. The number of aliphatic imine (C=N–C) groups is 1. The molecule has 0 radical (unpaired) electrons. The highest BCUT2D eigenvalue weighted by atomic mass is 79.9. The Hall–Kier alpha value is -3.38. The summed E-state index contributed by atoms with van der Waals surface area (Å²) < 4.78 is 10.0. The summed E-state index contributed by atoms with van der Waals surface area (Å²) in [5.74, 6) is 2.59. The molecule has 0 fully saturated rings. The number of aromatic nitrogens is 2. The van der Waals surface area contributed by atoms with Crippen molar-refractivity contribution >= 4 is 50.2 Å². The Balaban J connectivity index is 1.38. The lowest BCUT2D eigenvalue weighted by atomic mass is 9.87. The molecule has 3 aromatic carbocycles. The SMILES string of the molecule is Brc1ccc(C2N=C3Oc4c(cc5c6c4CCCN6CCC5)C=C3c3nc4ccccc4n32)cc1. The van der Waals surface area contributed by atoms with Crippen LogP contribution in [0.4, 0.5) is 5.69 Å². The fourth-order valence-electron chi connectivity index (χ4n) is 6.22. The van der Waals surface area contributed by atoms with Crippen molar-refractivity contribution in [3.05, 3.63) is 87.1 Å². The van der Waals surface area contributed by atoms with E-state index in [0.717, 1.165) is 69.7 Å². The number of aryl methyl sites for hydroxylation is 1. The second kappa shape index (κ2) is 7.31. The molecule has 1 unspecified atom stereocenters.